The van der Waals surface area contributed by atoms with Crippen LogP contribution in [0.25, 0.3) is 0 Å². The van der Waals surface area contributed by atoms with Crippen molar-refractivity contribution in [1.29, 1.82) is 0 Å². The van der Waals surface area contributed by atoms with E-state index in [1.807, 2.05) is 19.9 Å². The molecule has 8 heteroatoms. The topological polar surface area (TPSA) is 91.8 Å². The summed E-state index contributed by atoms with van der Waals surface area (Å²) in [7, 11) is -3.56. The van der Waals surface area contributed by atoms with Gasteiger partial charge in [0.2, 0.25) is 10.0 Å². The van der Waals surface area contributed by atoms with E-state index in [0.717, 1.165) is 24.2 Å². The lowest BCUT2D eigenvalue weighted by molar-refractivity contribution is 0.382. The summed E-state index contributed by atoms with van der Waals surface area (Å²) in [6.07, 6.45) is 4.26. The molecule has 1 saturated heterocycles. The highest BCUT2D eigenvalue weighted by molar-refractivity contribution is 7.89. The van der Waals surface area contributed by atoms with Crippen LogP contribution < -0.4 is 0 Å². The number of sulfonamides is 1. The Morgan fingerprint density at radius 3 is 2.62 bits per heavy atom. The van der Waals surface area contributed by atoms with Crippen molar-refractivity contribution in [3.05, 3.63) is 35.7 Å². The fraction of sp³-hybridized carbons (Fsp3) is 0.462. The monoisotopic (exact) mass is 307 g/mol. The summed E-state index contributed by atoms with van der Waals surface area (Å²) in [5.41, 5.74) is 1.70. The number of aryl methyl sites for hydroxylation is 2. The van der Waals surface area contributed by atoms with Crippen LogP contribution >= 0.6 is 0 Å². The summed E-state index contributed by atoms with van der Waals surface area (Å²) in [6, 6.07) is 1.58. The van der Waals surface area contributed by atoms with Crippen molar-refractivity contribution in [3.8, 4) is 0 Å². The van der Waals surface area contributed by atoms with Crippen molar-refractivity contribution < 1.29 is 8.42 Å². The molecular weight excluding hydrogens is 290 g/mol. The summed E-state index contributed by atoms with van der Waals surface area (Å²) in [5, 5.41) is 6.27. The van der Waals surface area contributed by atoms with E-state index in [1.165, 1.54) is 16.7 Å². The Hall–Kier alpha value is -1.80. The first kappa shape index (κ1) is 14.2. The predicted molar refractivity (Wildman–Crippen MR) is 76.0 cm³/mol. The lowest BCUT2D eigenvalue weighted by Crippen LogP contribution is -2.31. The lowest BCUT2D eigenvalue weighted by atomic mass is 10.2. The minimum atomic E-state index is -3.56. The summed E-state index contributed by atoms with van der Waals surface area (Å²) >= 11 is 0. The molecule has 0 spiro atoms. The predicted octanol–water partition coefficient (Wildman–Crippen LogP) is 1.34. The molecule has 7 nitrogen and oxygen atoms in total. The summed E-state index contributed by atoms with van der Waals surface area (Å²) in [5.74, 6) is 0.581. The molecule has 3 rings (SSSR count). The summed E-state index contributed by atoms with van der Waals surface area (Å²) in [4.78, 5) is 9.02. The molecule has 1 aliphatic heterocycles. The summed E-state index contributed by atoms with van der Waals surface area (Å²) in [6.45, 7) is 4.26. The first-order valence-corrected chi connectivity index (χ1v) is 8.25. The van der Waals surface area contributed by atoms with Gasteiger partial charge in [-0.2, -0.15) is 9.40 Å². The fourth-order valence-electron chi connectivity index (χ4n) is 2.70. The van der Waals surface area contributed by atoms with Crippen molar-refractivity contribution >= 4 is 10.0 Å². The second-order valence-corrected chi connectivity index (χ2v) is 7.11. The summed E-state index contributed by atoms with van der Waals surface area (Å²) < 4.78 is 26.8. The van der Waals surface area contributed by atoms with E-state index in [4.69, 9.17) is 0 Å². The molecule has 3 heterocycles. The number of nitrogens with one attached hydrogen (secondary N) is 1. The van der Waals surface area contributed by atoms with Gasteiger partial charge in [-0.1, -0.05) is 0 Å². The van der Waals surface area contributed by atoms with Gasteiger partial charge in [0.25, 0.3) is 0 Å². The van der Waals surface area contributed by atoms with Gasteiger partial charge >= 0.3 is 0 Å². The number of hydrogen-bond donors (Lipinski definition) is 1. The molecule has 0 radical (unpaired) electrons. The highest BCUT2D eigenvalue weighted by atomic mass is 32.2. The number of aromatic amines is 1. The minimum Gasteiger partial charge on any atom is -0.284 e. The molecule has 0 bridgehead atoms. The molecule has 0 amide bonds. The molecule has 0 unspecified atom stereocenters. The van der Waals surface area contributed by atoms with Crippen molar-refractivity contribution in [2.45, 2.75) is 37.6 Å². The van der Waals surface area contributed by atoms with Gasteiger partial charge in [-0.25, -0.2) is 18.4 Å². The van der Waals surface area contributed by atoms with Crippen LogP contribution in [0.4, 0.5) is 0 Å². The molecular formula is C13H17N5O2S. The van der Waals surface area contributed by atoms with E-state index < -0.39 is 10.0 Å². The van der Waals surface area contributed by atoms with Crippen LogP contribution in [-0.2, 0) is 10.0 Å². The van der Waals surface area contributed by atoms with E-state index in [0.29, 0.717) is 12.4 Å². The SMILES string of the molecule is Cc1cc(C)nc([C@H]2CCCN2S(=O)(=O)c2cn[nH]c2)n1. The Balaban J connectivity index is 2.00. The van der Waals surface area contributed by atoms with Crippen LogP contribution in [0.3, 0.4) is 0 Å². The van der Waals surface area contributed by atoms with E-state index in [2.05, 4.69) is 20.2 Å². The average molecular weight is 307 g/mol. The van der Waals surface area contributed by atoms with E-state index >= 15 is 0 Å². The molecule has 112 valence electrons. The second-order valence-electron chi connectivity index (χ2n) is 5.22. The van der Waals surface area contributed by atoms with Crippen LogP contribution in [0, 0.1) is 13.8 Å². The molecule has 21 heavy (non-hydrogen) atoms. The van der Waals surface area contributed by atoms with Crippen LogP contribution in [0.15, 0.2) is 23.4 Å². The standard InChI is InChI=1S/C13H17N5O2S/c1-9-6-10(2)17-13(16-9)12-4-3-5-18(12)21(19,20)11-7-14-15-8-11/h6-8,12H,3-5H2,1-2H3,(H,14,15)/t12-/m1/s1. The van der Waals surface area contributed by atoms with Gasteiger partial charge in [0, 0.05) is 24.1 Å². The number of aromatic nitrogens is 4. The van der Waals surface area contributed by atoms with Crippen LogP contribution in [0.2, 0.25) is 0 Å². The number of nitrogens with zero attached hydrogens (tertiary/aromatic N) is 4. The number of hydrogen-bond acceptors (Lipinski definition) is 5. The van der Waals surface area contributed by atoms with Crippen molar-refractivity contribution in [1.82, 2.24) is 24.5 Å². The molecule has 0 aliphatic carbocycles. The van der Waals surface area contributed by atoms with Gasteiger partial charge in [-0.15, -0.1) is 0 Å². The van der Waals surface area contributed by atoms with Crippen molar-refractivity contribution in [2.75, 3.05) is 6.54 Å². The van der Waals surface area contributed by atoms with Gasteiger partial charge in [-0.05, 0) is 32.8 Å². The van der Waals surface area contributed by atoms with E-state index in [1.54, 1.807) is 0 Å². The molecule has 1 aliphatic rings. The quantitative estimate of drug-likeness (QED) is 0.924. The highest BCUT2D eigenvalue weighted by Crippen LogP contribution is 2.34. The van der Waals surface area contributed by atoms with E-state index in [-0.39, 0.29) is 10.9 Å². The zero-order valence-corrected chi connectivity index (χ0v) is 12.8. The normalized spacial score (nSPS) is 20.0. The molecule has 0 saturated carbocycles. The number of rotatable bonds is 3. The van der Waals surface area contributed by atoms with Gasteiger partial charge in [0.05, 0.1) is 12.2 Å². The molecule has 0 aromatic carbocycles. The van der Waals surface area contributed by atoms with Crippen molar-refractivity contribution in [3.63, 3.8) is 0 Å². The molecule has 2 aromatic rings. The van der Waals surface area contributed by atoms with Gasteiger partial charge in [0.15, 0.2) is 0 Å². The second kappa shape index (κ2) is 5.19. The third-order valence-corrected chi connectivity index (χ3v) is 5.45. The van der Waals surface area contributed by atoms with Crippen molar-refractivity contribution in [2.24, 2.45) is 0 Å². The first-order valence-electron chi connectivity index (χ1n) is 6.81. The van der Waals surface area contributed by atoms with Crippen LogP contribution in [0.5, 0.6) is 0 Å². The molecule has 1 fully saturated rings. The Bertz CT molecular complexity index is 722. The smallest absolute Gasteiger partial charge is 0.246 e. The third kappa shape index (κ3) is 2.56. The van der Waals surface area contributed by atoms with Gasteiger partial charge in [0.1, 0.15) is 10.7 Å². The Labute approximate surface area is 123 Å². The Morgan fingerprint density at radius 1 is 1.29 bits per heavy atom. The van der Waals surface area contributed by atoms with E-state index in [9.17, 15) is 8.42 Å². The highest BCUT2D eigenvalue weighted by Gasteiger charge is 2.38. The lowest BCUT2D eigenvalue weighted by Gasteiger charge is -2.22. The fourth-order valence-corrected chi connectivity index (χ4v) is 4.27. The largest absolute Gasteiger partial charge is 0.284 e. The maximum atomic E-state index is 12.7. The Kier molecular flexibility index (Phi) is 3.50. The molecule has 2 aromatic heterocycles. The zero-order chi connectivity index (χ0) is 15.0. The Morgan fingerprint density at radius 2 is 2.00 bits per heavy atom. The first-order chi connectivity index (χ1) is 9.98. The third-order valence-electron chi connectivity index (χ3n) is 3.58. The molecule has 1 N–H and O–H groups in total. The maximum Gasteiger partial charge on any atom is 0.246 e. The maximum absolute atomic E-state index is 12.7. The average Bonchev–Trinajstić information content (AvgIpc) is 3.10. The van der Waals surface area contributed by atoms with Crippen LogP contribution in [-0.4, -0.2) is 39.4 Å². The number of H-pyrrole nitrogens is 1. The zero-order valence-electron chi connectivity index (χ0n) is 11.9. The van der Waals surface area contributed by atoms with Crippen LogP contribution in [0.1, 0.15) is 36.1 Å². The van der Waals surface area contributed by atoms with Gasteiger partial charge in [-0.3, -0.25) is 5.10 Å². The van der Waals surface area contributed by atoms with Gasteiger partial charge < -0.3 is 0 Å². The molecule has 1 atom stereocenters. The minimum absolute atomic E-state index is 0.179.